The molecule has 0 amide bonds. The first kappa shape index (κ1) is 13.7. The third kappa shape index (κ3) is 3.56. The smallest absolute Gasteiger partial charge is 0.133 e. The third-order valence-electron chi connectivity index (χ3n) is 2.86. The normalized spacial score (nSPS) is 12.2. The van der Waals surface area contributed by atoms with Crippen LogP contribution in [0.3, 0.4) is 0 Å². The van der Waals surface area contributed by atoms with E-state index in [4.69, 9.17) is 0 Å². The van der Waals surface area contributed by atoms with Gasteiger partial charge in [-0.25, -0.2) is 4.98 Å². The molecule has 1 heterocycles. The zero-order valence-corrected chi connectivity index (χ0v) is 11.1. The molecule has 0 aliphatic rings. The molecule has 0 aliphatic carbocycles. The molecule has 0 spiro atoms. The first-order valence-electron chi connectivity index (χ1n) is 6.22. The Morgan fingerprint density at radius 2 is 2.35 bits per heavy atom. The second-order valence-corrected chi connectivity index (χ2v) is 4.16. The molecule has 1 atom stereocenters. The number of aromatic nitrogens is 1. The lowest BCUT2D eigenvalue weighted by Gasteiger charge is -2.26. The molecule has 1 N–H and O–H groups in total. The first-order chi connectivity index (χ1) is 8.24. The SMILES string of the molecule is C=CCN(CCC)c1ncccc1C(C)NC. The van der Waals surface area contributed by atoms with Crippen molar-refractivity contribution in [1.82, 2.24) is 10.3 Å². The molecule has 17 heavy (non-hydrogen) atoms. The summed E-state index contributed by atoms with van der Waals surface area (Å²) in [4.78, 5) is 6.80. The molecule has 0 saturated heterocycles. The Kier molecular flexibility index (Phi) is 5.70. The molecular weight excluding hydrogens is 210 g/mol. The molecule has 0 radical (unpaired) electrons. The highest BCUT2D eigenvalue weighted by atomic mass is 15.2. The van der Waals surface area contributed by atoms with Gasteiger partial charge in [-0.05, 0) is 26.5 Å². The van der Waals surface area contributed by atoms with E-state index in [9.17, 15) is 0 Å². The lowest BCUT2D eigenvalue weighted by Crippen LogP contribution is -2.28. The average molecular weight is 233 g/mol. The molecule has 0 aliphatic heterocycles. The van der Waals surface area contributed by atoms with Gasteiger partial charge in [0.25, 0.3) is 0 Å². The van der Waals surface area contributed by atoms with Crippen LogP contribution in [-0.4, -0.2) is 25.1 Å². The summed E-state index contributed by atoms with van der Waals surface area (Å²) in [5.74, 6) is 1.07. The van der Waals surface area contributed by atoms with E-state index in [1.54, 1.807) is 0 Å². The molecule has 94 valence electrons. The number of pyridine rings is 1. The van der Waals surface area contributed by atoms with Crippen molar-refractivity contribution in [3.05, 3.63) is 36.5 Å². The van der Waals surface area contributed by atoms with Crippen LogP contribution in [0.1, 0.15) is 31.9 Å². The number of nitrogens with zero attached hydrogens (tertiary/aromatic N) is 2. The van der Waals surface area contributed by atoms with E-state index in [-0.39, 0.29) is 0 Å². The number of rotatable bonds is 7. The van der Waals surface area contributed by atoms with E-state index in [0.29, 0.717) is 6.04 Å². The van der Waals surface area contributed by atoms with Crippen LogP contribution in [0.2, 0.25) is 0 Å². The van der Waals surface area contributed by atoms with Crippen LogP contribution < -0.4 is 10.2 Å². The molecule has 1 rings (SSSR count). The quantitative estimate of drug-likeness (QED) is 0.734. The maximum Gasteiger partial charge on any atom is 0.133 e. The first-order valence-corrected chi connectivity index (χ1v) is 6.22. The molecule has 1 aromatic heterocycles. The van der Waals surface area contributed by atoms with E-state index in [1.807, 2.05) is 25.4 Å². The lowest BCUT2D eigenvalue weighted by atomic mass is 10.1. The van der Waals surface area contributed by atoms with Crippen molar-refractivity contribution in [1.29, 1.82) is 0 Å². The predicted molar refractivity (Wildman–Crippen MR) is 74.4 cm³/mol. The van der Waals surface area contributed by atoms with Gasteiger partial charge in [0.05, 0.1) is 0 Å². The van der Waals surface area contributed by atoms with Crippen LogP contribution in [0.4, 0.5) is 5.82 Å². The largest absolute Gasteiger partial charge is 0.353 e. The Labute approximate surface area is 105 Å². The fraction of sp³-hybridized carbons (Fsp3) is 0.500. The van der Waals surface area contributed by atoms with Gasteiger partial charge in [0.1, 0.15) is 5.82 Å². The summed E-state index contributed by atoms with van der Waals surface area (Å²) in [6.45, 7) is 10.00. The molecule has 1 aromatic rings. The van der Waals surface area contributed by atoms with Crippen LogP contribution in [0.15, 0.2) is 31.0 Å². The van der Waals surface area contributed by atoms with Gasteiger partial charge < -0.3 is 10.2 Å². The highest BCUT2D eigenvalue weighted by Gasteiger charge is 2.14. The van der Waals surface area contributed by atoms with Crippen LogP contribution in [0, 0.1) is 0 Å². The van der Waals surface area contributed by atoms with Gasteiger partial charge in [-0.1, -0.05) is 19.1 Å². The Hall–Kier alpha value is -1.35. The van der Waals surface area contributed by atoms with Crippen LogP contribution >= 0.6 is 0 Å². The van der Waals surface area contributed by atoms with E-state index in [1.165, 1.54) is 5.56 Å². The average Bonchev–Trinajstić information content (AvgIpc) is 2.37. The van der Waals surface area contributed by atoms with E-state index in [0.717, 1.165) is 25.3 Å². The molecule has 0 saturated carbocycles. The highest BCUT2D eigenvalue weighted by Crippen LogP contribution is 2.23. The fourth-order valence-corrected chi connectivity index (χ4v) is 1.88. The number of anilines is 1. The second kappa shape index (κ2) is 7.07. The van der Waals surface area contributed by atoms with Crippen molar-refractivity contribution >= 4 is 5.82 Å². The lowest BCUT2D eigenvalue weighted by molar-refractivity contribution is 0.643. The molecule has 3 heteroatoms. The molecule has 1 unspecified atom stereocenters. The zero-order valence-electron chi connectivity index (χ0n) is 11.1. The number of hydrogen-bond donors (Lipinski definition) is 1. The molecule has 3 nitrogen and oxygen atoms in total. The zero-order chi connectivity index (χ0) is 12.7. The van der Waals surface area contributed by atoms with Gasteiger partial charge in [0, 0.05) is 30.9 Å². The summed E-state index contributed by atoms with van der Waals surface area (Å²) in [5, 5.41) is 3.27. The van der Waals surface area contributed by atoms with Gasteiger partial charge in [0.15, 0.2) is 0 Å². The summed E-state index contributed by atoms with van der Waals surface area (Å²) in [6, 6.07) is 4.43. The second-order valence-electron chi connectivity index (χ2n) is 4.16. The maximum absolute atomic E-state index is 4.52. The summed E-state index contributed by atoms with van der Waals surface area (Å²) in [5.41, 5.74) is 1.24. The predicted octanol–water partition coefficient (Wildman–Crippen LogP) is 2.76. The number of nitrogens with one attached hydrogen (secondary N) is 1. The minimum Gasteiger partial charge on any atom is -0.353 e. The van der Waals surface area contributed by atoms with Gasteiger partial charge in [-0.3, -0.25) is 0 Å². The van der Waals surface area contributed by atoms with Crippen LogP contribution in [-0.2, 0) is 0 Å². The minimum absolute atomic E-state index is 0.308. The van der Waals surface area contributed by atoms with Gasteiger partial charge in [0.2, 0.25) is 0 Å². The summed E-state index contributed by atoms with van der Waals surface area (Å²) in [7, 11) is 1.97. The summed E-state index contributed by atoms with van der Waals surface area (Å²) < 4.78 is 0. The van der Waals surface area contributed by atoms with Crippen molar-refractivity contribution < 1.29 is 0 Å². The Bertz CT molecular complexity index is 349. The van der Waals surface area contributed by atoms with E-state index >= 15 is 0 Å². The van der Waals surface area contributed by atoms with Crippen molar-refractivity contribution in [3.8, 4) is 0 Å². The number of hydrogen-bond acceptors (Lipinski definition) is 3. The summed E-state index contributed by atoms with van der Waals surface area (Å²) in [6.07, 6.45) is 4.89. The molecule has 0 fully saturated rings. The van der Waals surface area contributed by atoms with Gasteiger partial charge >= 0.3 is 0 Å². The Morgan fingerprint density at radius 3 is 2.94 bits per heavy atom. The Morgan fingerprint density at radius 1 is 1.59 bits per heavy atom. The fourth-order valence-electron chi connectivity index (χ4n) is 1.88. The van der Waals surface area contributed by atoms with Gasteiger partial charge in [-0.15, -0.1) is 6.58 Å². The standard InChI is InChI=1S/C14H23N3/c1-5-10-17(11-6-2)14-13(12(3)15-4)8-7-9-16-14/h5,7-9,12,15H,1,6,10-11H2,2-4H3. The Balaban J connectivity index is 3.03. The molecule has 0 bridgehead atoms. The van der Waals surface area contributed by atoms with Crippen molar-refractivity contribution in [2.45, 2.75) is 26.3 Å². The topological polar surface area (TPSA) is 28.2 Å². The van der Waals surface area contributed by atoms with Crippen LogP contribution in [0.5, 0.6) is 0 Å². The highest BCUT2D eigenvalue weighted by molar-refractivity contribution is 5.48. The van der Waals surface area contributed by atoms with Crippen molar-refractivity contribution in [3.63, 3.8) is 0 Å². The van der Waals surface area contributed by atoms with Crippen molar-refractivity contribution in [2.75, 3.05) is 25.0 Å². The minimum atomic E-state index is 0.308. The maximum atomic E-state index is 4.52. The monoisotopic (exact) mass is 233 g/mol. The van der Waals surface area contributed by atoms with Crippen molar-refractivity contribution in [2.24, 2.45) is 0 Å². The third-order valence-corrected chi connectivity index (χ3v) is 2.86. The van der Waals surface area contributed by atoms with E-state index < -0.39 is 0 Å². The van der Waals surface area contributed by atoms with Crippen LogP contribution in [0.25, 0.3) is 0 Å². The molecular formula is C14H23N3. The van der Waals surface area contributed by atoms with E-state index in [2.05, 4.69) is 41.7 Å². The summed E-state index contributed by atoms with van der Waals surface area (Å²) >= 11 is 0. The van der Waals surface area contributed by atoms with Gasteiger partial charge in [-0.2, -0.15) is 0 Å². The molecule has 0 aromatic carbocycles.